The third kappa shape index (κ3) is 3.50. The van der Waals surface area contributed by atoms with Gasteiger partial charge in [-0.1, -0.05) is 0 Å². The van der Waals surface area contributed by atoms with Crippen LogP contribution in [0.25, 0.3) is 0 Å². The molecule has 6 heteroatoms. The topological polar surface area (TPSA) is 76.4 Å². The number of piperazine rings is 1. The third-order valence-electron chi connectivity index (χ3n) is 4.11. The van der Waals surface area contributed by atoms with Crippen molar-refractivity contribution in [1.82, 2.24) is 10.2 Å². The average Bonchev–Trinajstić information content (AvgIpc) is 2.50. The molecule has 1 aromatic carbocycles. The molecule has 1 heterocycles. The van der Waals surface area contributed by atoms with E-state index in [-0.39, 0.29) is 30.5 Å². The van der Waals surface area contributed by atoms with E-state index in [0.29, 0.717) is 17.5 Å². The van der Waals surface area contributed by atoms with E-state index in [0.717, 1.165) is 19.6 Å². The number of nitriles is 1. The molecule has 2 rings (SSSR count). The van der Waals surface area contributed by atoms with Crippen LogP contribution in [0.2, 0.25) is 0 Å². The first kappa shape index (κ1) is 16.6. The Morgan fingerprint density at radius 2 is 2.36 bits per heavy atom. The van der Waals surface area contributed by atoms with Crippen LogP contribution in [0.15, 0.2) is 12.1 Å². The van der Waals surface area contributed by atoms with Crippen LogP contribution >= 0.6 is 0 Å². The number of nitrogens with one attached hydrogen (secondary N) is 1. The lowest BCUT2D eigenvalue weighted by atomic mass is 9.98. The van der Waals surface area contributed by atoms with Gasteiger partial charge in [-0.2, -0.15) is 5.26 Å². The summed E-state index contributed by atoms with van der Waals surface area (Å²) in [6.07, 6.45) is 0.603. The highest BCUT2D eigenvalue weighted by molar-refractivity contribution is 5.99. The van der Waals surface area contributed by atoms with Gasteiger partial charge in [-0.05, 0) is 31.0 Å². The summed E-state index contributed by atoms with van der Waals surface area (Å²) in [5, 5.41) is 21.3. The van der Waals surface area contributed by atoms with Crippen LogP contribution in [0.4, 0.5) is 4.39 Å². The highest BCUT2D eigenvalue weighted by Gasteiger charge is 2.25. The van der Waals surface area contributed by atoms with Gasteiger partial charge in [-0.15, -0.1) is 0 Å². The standard InChI is InChI=1S/C16H20FN3O2/c1-11-13(2-3-15(17)14(11)8-18)16(22)10-20-6-5-19-9-12(20)4-7-21/h2-3,12,19,21H,4-7,9-10H2,1H3. The summed E-state index contributed by atoms with van der Waals surface area (Å²) < 4.78 is 13.5. The van der Waals surface area contributed by atoms with Crippen molar-refractivity contribution in [2.24, 2.45) is 0 Å². The number of Topliss-reactive ketones (excluding diaryl/α,β-unsaturated/α-hetero) is 1. The van der Waals surface area contributed by atoms with Crippen molar-refractivity contribution < 1.29 is 14.3 Å². The molecule has 0 amide bonds. The second-order valence-corrected chi connectivity index (χ2v) is 5.47. The summed E-state index contributed by atoms with van der Waals surface area (Å²) in [5.74, 6) is -0.726. The predicted molar refractivity (Wildman–Crippen MR) is 80.1 cm³/mol. The van der Waals surface area contributed by atoms with Crippen LogP contribution < -0.4 is 5.32 Å². The molecule has 1 aliphatic heterocycles. The monoisotopic (exact) mass is 305 g/mol. The Morgan fingerprint density at radius 3 is 3.05 bits per heavy atom. The summed E-state index contributed by atoms with van der Waals surface area (Å²) in [7, 11) is 0. The van der Waals surface area contributed by atoms with Crippen LogP contribution in [0.5, 0.6) is 0 Å². The van der Waals surface area contributed by atoms with Crippen molar-refractivity contribution in [3.63, 3.8) is 0 Å². The summed E-state index contributed by atoms with van der Waals surface area (Å²) in [5.41, 5.74) is 0.707. The fourth-order valence-electron chi connectivity index (χ4n) is 2.83. The van der Waals surface area contributed by atoms with E-state index in [9.17, 15) is 9.18 Å². The van der Waals surface area contributed by atoms with Gasteiger partial charge in [-0.3, -0.25) is 9.69 Å². The molecular weight excluding hydrogens is 285 g/mol. The number of hydrogen-bond acceptors (Lipinski definition) is 5. The predicted octanol–water partition coefficient (Wildman–Crippen LogP) is 0.845. The number of rotatable bonds is 5. The maximum absolute atomic E-state index is 13.5. The lowest BCUT2D eigenvalue weighted by Gasteiger charge is -2.35. The lowest BCUT2D eigenvalue weighted by Crippen LogP contribution is -2.53. The van der Waals surface area contributed by atoms with Crippen molar-refractivity contribution in [2.45, 2.75) is 19.4 Å². The molecule has 0 aliphatic carbocycles. The third-order valence-corrected chi connectivity index (χ3v) is 4.11. The van der Waals surface area contributed by atoms with Crippen LogP contribution in [0, 0.1) is 24.1 Å². The van der Waals surface area contributed by atoms with Crippen LogP contribution in [0.1, 0.15) is 27.9 Å². The summed E-state index contributed by atoms with van der Waals surface area (Å²) in [4.78, 5) is 14.5. The Hall–Kier alpha value is -1.81. The molecule has 1 unspecified atom stereocenters. The number of hydrogen-bond donors (Lipinski definition) is 2. The van der Waals surface area contributed by atoms with E-state index in [1.165, 1.54) is 12.1 Å². The van der Waals surface area contributed by atoms with Crippen molar-refractivity contribution >= 4 is 5.78 Å². The Kier molecular flexibility index (Phi) is 5.61. The molecule has 0 saturated carbocycles. The summed E-state index contributed by atoms with van der Waals surface area (Å²) in [6, 6.07) is 4.53. The zero-order chi connectivity index (χ0) is 16.1. The second-order valence-electron chi connectivity index (χ2n) is 5.47. The minimum absolute atomic E-state index is 0.0712. The fraction of sp³-hybridized carbons (Fsp3) is 0.500. The maximum Gasteiger partial charge on any atom is 0.177 e. The Labute approximate surface area is 129 Å². The van der Waals surface area contributed by atoms with Gasteiger partial charge in [0.05, 0.1) is 12.1 Å². The smallest absolute Gasteiger partial charge is 0.177 e. The molecular formula is C16H20FN3O2. The van der Waals surface area contributed by atoms with E-state index < -0.39 is 5.82 Å². The molecule has 2 N–H and O–H groups in total. The van der Waals surface area contributed by atoms with Gasteiger partial charge in [0.15, 0.2) is 5.78 Å². The van der Waals surface area contributed by atoms with Gasteiger partial charge in [0, 0.05) is 37.8 Å². The number of aliphatic hydroxyl groups excluding tert-OH is 1. The molecule has 0 bridgehead atoms. The van der Waals surface area contributed by atoms with Gasteiger partial charge in [0.25, 0.3) is 0 Å². The summed E-state index contributed by atoms with van der Waals surface area (Å²) in [6.45, 7) is 4.13. The molecule has 22 heavy (non-hydrogen) atoms. The van der Waals surface area contributed by atoms with E-state index in [1.54, 1.807) is 6.92 Å². The van der Waals surface area contributed by atoms with Crippen molar-refractivity contribution in [3.8, 4) is 6.07 Å². The van der Waals surface area contributed by atoms with Crippen LogP contribution in [0.3, 0.4) is 0 Å². The first-order valence-corrected chi connectivity index (χ1v) is 7.36. The second kappa shape index (κ2) is 7.45. The zero-order valence-corrected chi connectivity index (χ0v) is 12.6. The van der Waals surface area contributed by atoms with Gasteiger partial charge in [0.1, 0.15) is 11.9 Å². The highest BCUT2D eigenvalue weighted by Crippen LogP contribution is 2.18. The van der Waals surface area contributed by atoms with Gasteiger partial charge in [0.2, 0.25) is 0 Å². The molecule has 1 aromatic rings. The SMILES string of the molecule is Cc1c(C(=O)CN2CCNCC2CCO)ccc(F)c1C#N. The first-order valence-electron chi connectivity index (χ1n) is 7.36. The van der Waals surface area contributed by atoms with Gasteiger partial charge < -0.3 is 10.4 Å². The van der Waals surface area contributed by atoms with Crippen molar-refractivity contribution in [2.75, 3.05) is 32.8 Å². The van der Waals surface area contributed by atoms with Crippen LogP contribution in [-0.4, -0.2) is 54.6 Å². The van der Waals surface area contributed by atoms with E-state index in [4.69, 9.17) is 10.4 Å². The Morgan fingerprint density at radius 1 is 1.59 bits per heavy atom. The molecule has 5 nitrogen and oxygen atoms in total. The Bertz CT molecular complexity index is 596. The lowest BCUT2D eigenvalue weighted by molar-refractivity contribution is 0.0825. The minimum atomic E-state index is -0.600. The number of benzene rings is 1. The van der Waals surface area contributed by atoms with E-state index >= 15 is 0 Å². The Balaban J connectivity index is 2.17. The number of aliphatic hydroxyl groups is 1. The quantitative estimate of drug-likeness (QED) is 0.789. The number of carbonyl (C=O) groups excluding carboxylic acids is 1. The summed E-state index contributed by atoms with van der Waals surface area (Å²) >= 11 is 0. The molecule has 1 aliphatic rings. The highest BCUT2D eigenvalue weighted by atomic mass is 19.1. The molecule has 1 saturated heterocycles. The number of halogens is 1. The number of nitrogens with zero attached hydrogens (tertiary/aromatic N) is 2. The average molecular weight is 305 g/mol. The normalized spacial score (nSPS) is 18.9. The molecule has 118 valence electrons. The van der Waals surface area contributed by atoms with Gasteiger partial charge in [-0.25, -0.2) is 4.39 Å². The van der Waals surface area contributed by atoms with Crippen molar-refractivity contribution in [3.05, 3.63) is 34.6 Å². The molecule has 1 atom stereocenters. The largest absolute Gasteiger partial charge is 0.396 e. The van der Waals surface area contributed by atoms with Gasteiger partial charge >= 0.3 is 0 Å². The number of ketones is 1. The molecule has 0 aromatic heterocycles. The molecule has 0 spiro atoms. The minimum Gasteiger partial charge on any atom is -0.396 e. The first-order chi connectivity index (χ1) is 10.6. The molecule has 1 fully saturated rings. The molecule has 0 radical (unpaired) electrons. The zero-order valence-electron chi connectivity index (χ0n) is 12.6. The van der Waals surface area contributed by atoms with E-state index in [2.05, 4.69) is 5.32 Å². The fourth-order valence-corrected chi connectivity index (χ4v) is 2.83. The van der Waals surface area contributed by atoms with Crippen molar-refractivity contribution in [1.29, 1.82) is 5.26 Å². The number of carbonyl (C=O) groups is 1. The van der Waals surface area contributed by atoms with E-state index in [1.807, 2.05) is 11.0 Å². The maximum atomic E-state index is 13.5. The van der Waals surface area contributed by atoms with Crippen LogP contribution in [-0.2, 0) is 0 Å².